The number of nitrogens with one attached hydrogen (secondary N) is 1. The molecule has 2 rings (SSSR count). The standard InChI is InChI=1S/C17H15Cl2NO4/c1-10(16(21)20-11-5-3-6-12(9-11)23-2)24-17(22)15-13(18)7-4-8-14(15)19/h3-10H,1-2H3,(H,20,21)/t10-/m1/s1. The molecule has 0 aliphatic rings. The third kappa shape index (κ3) is 4.40. The zero-order chi connectivity index (χ0) is 17.7. The van der Waals surface area contributed by atoms with Crippen molar-refractivity contribution < 1.29 is 19.1 Å². The molecule has 2 aromatic carbocycles. The van der Waals surface area contributed by atoms with Crippen molar-refractivity contribution in [3.63, 3.8) is 0 Å². The van der Waals surface area contributed by atoms with E-state index in [-0.39, 0.29) is 15.6 Å². The number of esters is 1. The van der Waals surface area contributed by atoms with Crippen molar-refractivity contribution in [2.75, 3.05) is 12.4 Å². The van der Waals surface area contributed by atoms with Gasteiger partial charge in [-0.25, -0.2) is 4.79 Å². The van der Waals surface area contributed by atoms with Crippen LogP contribution in [0.1, 0.15) is 17.3 Å². The lowest BCUT2D eigenvalue weighted by molar-refractivity contribution is -0.123. The largest absolute Gasteiger partial charge is 0.497 e. The van der Waals surface area contributed by atoms with Crippen molar-refractivity contribution in [1.29, 1.82) is 0 Å². The molecule has 0 saturated carbocycles. The third-order valence-corrected chi connectivity index (χ3v) is 3.79. The van der Waals surface area contributed by atoms with Gasteiger partial charge >= 0.3 is 5.97 Å². The summed E-state index contributed by atoms with van der Waals surface area (Å²) in [5, 5.41) is 2.96. The van der Waals surface area contributed by atoms with Gasteiger partial charge in [0, 0.05) is 11.8 Å². The Bertz CT molecular complexity index is 744. The number of halogens is 2. The van der Waals surface area contributed by atoms with E-state index >= 15 is 0 Å². The number of ether oxygens (including phenoxy) is 2. The lowest BCUT2D eigenvalue weighted by Gasteiger charge is -2.15. The van der Waals surface area contributed by atoms with Crippen LogP contribution in [0.4, 0.5) is 5.69 Å². The molecule has 0 unspecified atom stereocenters. The highest BCUT2D eigenvalue weighted by atomic mass is 35.5. The Balaban J connectivity index is 2.04. The lowest BCUT2D eigenvalue weighted by Crippen LogP contribution is -2.30. The van der Waals surface area contributed by atoms with E-state index in [1.165, 1.54) is 26.2 Å². The first-order valence-corrected chi connectivity index (χ1v) is 7.78. The Labute approximate surface area is 149 Å². The summed E-state index contributed by atoms with van der Waals surface area (Å²) in [6, 6.07) is 11.5. The summed E-state index contributed by atoms with van der Waals surface area (Å²) in [5.74, 6) is -0.654. The number of benzene rings is 2. The molecular formula is C17H15Cl2NO4. The first kappa shape index (κ1) is 18.1. The number of amides is 1. The van der Waals surface area contributed by atoms with Crippen LogP contribution in [-0.4, -0.2) is 25.1 Å². The highest BCUT2D eigenvalue weighted by Gasteiger charge is 2.22. The third-order valence-electron chi connectivity index (χ3n) is 3.16. The number of carbonyl (C=O) groups excluding carboxylic acids is 2. The minimum absolute atomic E-state index is 0.0295. The van der Waals surface area contributed by atoms with Gasteiger partial charge in [-0.1, -0.05) is 35.3 Å². The number of carbonyl (C=O) groups is 2. The smallest absolute Gasteiger partial charge is 0.341 e. The molecule has 0 saturated heterocycles. The number of rotatable bonds is 5. The Kier molecular flexibility index (Phi) is 6.06. The van der Waals surface area contributed by atoms with Crippen molar-refractivity contribution in [1.82, 2.24) is 0 Å². The topological polar surface area (TPSA) is 64.6 Å². The molecule has 24 heavy (non-hydrogen) atoms. The van der Waals surface area contributed by atoms with Gasteiger partial charge in [0.1, 0.15) is 5.75 Å². The fourth-order valence-electron chi connectivity index (χ4n) is 1.91. The number of hydrogen-bond donors (Lipinski definition) is 1. The van der Waals surface area contributed by atoms with Crippen LogP contribution in [-0.2, 0) is 9.53 Å². The first-order valence-electron chi connectivity index (χ1n) is 7.02. The molecule has 0 radical (unpaired) electrons. The second-order valence-electron chi connectivity index (χ2n) is 4.87. The molecule has 0 spiro atoms. The van der Waals surface area contributed by atoms with Gasteiger partial charge in [-0.15, -0.1) is 0 Å². The van der Waals surface area contributed by atoms with Gasteiger partial charge in [0.25, 0.3) is 5.91 Å². The molecule has 126 valence electrons. The van der Waals surface area contributed by atoms with Crippen molar-refractivity contribution in [3.05, 3.63) is 58.1 Å². The molecule has 1 N–H and O–H groups in total. The van der Waals surface area contributed by atoms with E-state index in [0.717, 1.165) is 0 Å². The molecular weight excluding hydrogens is 353 g/mol. The zero-order valence-corrected chi connectivity index (χ0v) is 14.5. The van der Waals surface area contributed by atoms with Crippen molar-refractivity contribution in [3.8, 4) is 5.75 Å². The van der Waals surface area contributed by atoms with Gasteiger partial charge < -0.3 is 14.8 Å². The highest BCUT2D eigenvalue weighted by molar-refractivity contribution is 6.39. The maximum Gasteiger partial charge on any atom is 0.341 e. The van der Waals surface area contributed by atoms with Crippen molar-refractivity contribution >= 4 is 40.8 Å². The molecule has 0 aromatic heterocycles. The van der Waals surface area contributed by atoms with Crippen LogP contribution < -0.4 is 10.1 Å². The minimum Gasteiger partial charge on any atom is -0.497 e. The van der Waals surface area contributed by atoms with E-state index in [0.29, 0.717) is 11.4 Å². The van der Waals surface area contributed by atoms with Crippen LogP contribution in [0.5, 0.6) is 5.75 Å². The molecule has 2 aromatic rings. The Hall–Kier alpha value is -2.24. The average molecular weight is 368 g/mol. The highest BCUT2D eigenvalue weighted by Crippen LogP contribution is 2.25. The summed E-state index contributed by atoms with van der Waals surface area (Å²) in [5.41, 5.74) is 0.555. The maximum atomic E-state index is 12.2. The summed E-state index contributed by atoms with van der Waals surface area (Å²) in [6.45, 7) is 1.46. The monoisotopic (exact) mass is 367 g/mol. The van der Waals surface area contributed by atoms with Gasteiger partial charge in [-0.2, -0.15) is 0 Å². The Morgan fingerprint density at radius 2 is 1.71 bits per heavy atom. The Morgan fingerprint density at radius 3 is 2.33 bits per heavy atom. The zero-order valence-electron chi connectivity index (χ0n) is 13.0. The predicted molar refractivity (Wildman–Crippen MR) is 93.0 cm³/mol. The van der Waals surface area contributed by atoms with Gasteiger partial charge in [-0.3, -0.25) is 4.79 Å². The molecule has 0 aliphatic carbocycles. The van der Waals surface area contributed by atoms with Crippen molar-refractivity contribution in [2.45, 2.75) is 13.0 Å². The molecule has 0 aliphatic heterocycles. The van der Waals surface area contributed by atoms with Gasteiger partial charge in [0.05, 0.1) is 22.7 Å². The predicted octanol–water partition coefficient (Wildman–Crippen LogP) is 4.19. The van der Waals surface area contributed by atoms with Crippen LogP contribution in [0, 0.1) is 0 Å². The first-order chi connectivity index (χ1) is 11.4. The molecule has 1 amide bonds. The molecule has 0 fully saturated rings. The minimum atomic E-state index is -1.03. The quantitative estimate of drug-likeness (QED) is 0.804. The van der Waals surface area contributed by atoms with E-state index in [4.69, 9.17) is 32.7 Å². The number of hydrogen-bond acceptors (Lipinski definition) is 4. The van der Waals surface area contributed by atoms with E-state index in [1.54, 1.807) is 30.3 Å². The summed E-state index contributed by atoms with van der Waals surface area (Å²) in [4.78, 5) is 24.3. The van der Waals surface area contributed by atoms with Crippen LogP contribution in [0.2, 0.25) is 10.0 Å². The summed E-state index contributed by atoms with van der Waals surface area (Å²) in [7, 11) is 1.53. The summed E-state index contributed by atoms with van der Waals surface area (Å²) in [6.07, 6.45) is -1.03. The van der Waals surface area contributed by atoms with E-state index in [9.17, 15) is 9.59 Å². The van der Waals surface area contributed by atoms with Crippen LogP contribution in [0.3, 0.4) is 0 Å². The van der Waals surface area contributed by atoms with Gasteiger partial charge in [0.15, 0.2) is 6.10 Å². The fourth-order valence-corrected chi connectivity index (χ4v) is 2.46. The average Bonchev–Trinajstić information content (AvgIpc) is 2.54. The molecule has 0 bridgehead atoms. The second kappa shape index (κ2) is 8.04. The van der Waals surface area contributed by atoms with Gasteiger partial charge in [-0.05, 0) is 31.2 Å². The maximum absolute atomic E-state index is 12.2. The van der Waals surface area contributed by atoms with E-state index in [2.05, 4.69) is 5.32 Å². The van der Waals surface area contributed by atoms with Crippen LogP contribution in [0.15, 0.2) is 42.5 Å². The Morgan fingerprint density at radius 1 is 1.08 bits per heavy atom. The van der Waals surface area contributed by atoms with E-state index < -0.39 is 18.0 Å². The number of anilines is 1. The van der Waals surface area contributed by atoms with Gasteiger partial charge in [0.2, 0.25) is 0 Å². The normalized spacial score (nSPS) is 11.5. The molecule has 5 nitrogen and oxygen atoms in total. The lowest BCUT2D eigenvalue weighted by atomic mass is 10.2. The van der Waals surface area contributed by atoms with Crippen molar-refractivity contribution in [2.24, 2.45) is 0 Å². The molecule has 1 atom stereocenters. The molecule has 0 heterocycles. The molecule has 7 heteroatoms. The second-order valence-corrected chi connectivity index (χ2v) is 5.68. The SMILES string of the molecule is COc1cccc(NC(=O)[C@@H](C)OC(=O)c2c(Cl)cccc2Cl)c1. The summed E-state index contributed by atoms with van der Waals surface area (Å²) < 4.78 is 10.2. The summed E-state index contributed by atoms with van der Waals surface area (Å²) >= 11 is 11.9. The fraction of sp³-hybridized carbons (Fsp3) is 0.176. The van der Waals surface area contributed by atoms with Crippen LogP contribution >= 0.6 is 23.2 Å². The van der Waals surface area contributed by atoms with Crippen LogP contribution in [0.25, 0.3) is 0 Å². The number of methoxy groups -OCH3 is 1. The van der Waals surface area contributed by atoms with E-state index in [1.807, 2.05) is 0 Å².